The quantitative estimate of drug-likeness (QED) is 0.558. The lowest BCUT2D eigenvalue weighted by Gasteiger charge is -2.28. The number of nitrogens with one attached hydrogen (secondary N) is 1. The summed E-state index contributed by atoms with van der Waals surface area (Å²) in [7, 11) is 0. The molecule has 1 heterocycles. The average Bonchev–Trinajstić information content (AvgIpc) is 2.75. The van der Waals surface area contributed by atoms with Crippen molar-refractivity contribution in [2.24, 2.45) is 0 Å². The minimum atomic E-state index is -0.657. The van der Waals surface area contributed by atoms with Crippen molar-refractivity contribution in [3.8, 4) is 0 Å². The van der Waals surface area contributed by atoms with E-state index in [1.807, 2.05) is 27.7 Å². The van der Waals surface area contributed by atoms with Crippen LogP contribution in [0.1, 0.15) is 45.1 Å². The molecule has 1 atom stereocenters. The Bertz CT molecular complexity index is 442. The first-order valence-corrected chi connectivity index (χ1v) is 8.40. The summed E-state index contributed by atoms with van der Waals surface area (Å²) in [4.78, 5) is 16.5. The molecule has 0 bridgehead atoms. The lowest BCUT2D eigenvalue weighted by molar-refractivity contribution is -0.150. The summed E-state index contributed by atoms with van der Waals surface area (Å²) in [5.74, 6) is 1.39. The van der Waals surface area contributed by atoms with Crippen molar-refractivity contribution in [2.75, 3.05) is 18.9 Å². The maximum atomic E-state index is 12.1. The number of ether oxygens (including phenoxy) is 1. The van der Waals surface area contributed by atoms with Gasteiger partial charge in [-0.25, -0.2) is 4.98 Å². The Morgan fingerprint density at radius 1 is 1.43 bits per heavy atom. The van der Waals surface area contributed by atoms with Crippen molar-refractivity contribution in [2.45, 2.75) is 58.2 Å². The molecule has 0 fully saturated rings. The van der Waals surface area contributed by atoms with Crippen molar-refractivity contribution in [3.05, 3.63) is 11.5 Å². The number of esters is 1. The molecule has 21 heavy (non-hydrogen) atoms. The standard InChI is InChI=1S/C15H26N2O3S/c1-6-9-16-15(5,13(18)19-7-2)8-10-21-14-17-11(3)12(4)20-14/h16H,6-10H2,1-5H3. The van der Waals surface area contributed by atoms with Gasteiger partial charge in [-0.1, -0.05) is 18.7 Å². The Kier molecular flexibility index (Phi) is 7.25. The van der Waals surface area contributed by atoms with Crippen LogP contribution < -0.4 is 5.32 Å². The Balaban J connectivity index is 2.57. The van der Waals surface area contributed by atoms with Crippen LogP contribution in [0.15, 0.2) is 9.64 Å². The fraction of sp³-hybridized carbons (Fsp3) is 0.733. The van der Waals surface area contributed by atoms with Crippen molar-refractivity contribution in [1.29, 1.82) is 0 Å². The summed E-state index contributed by atoms with van der Waals surface area (Å²) in [6.45, 7) is 10.8. The first-order valence-electron chi connectivity index (χ1n) is 7.42. The number of thioether (sulfide) groups is 1. The third-order valence-electron chi connectivity index (χ3n) is 3.33. The zero-order valence-corrected chi connectivity index (χ0v) is 14.4. The maximum Gasteiger partial charge on any atom is 0.326 e. The van der Waals surface area contributed by atoms with Gasteiger partial charge in [-0.05, 0) is 47.1 Å². The second kappa shape index (κ2) is 8.44. The summed E-state index contributed by atoms with van der Waals surface area (Å²) in [6.07, 6.45) is 1.64. The van der Waals surface area contributed by atoms with E-state index in [-0.39, 0.29) is 5.97 Å². The second-order valence-electron chi connectivity index (χ2n) is 5.20. The normalized spacial score (nSPS) is 14.0. The van der Waals surface area contributed by atoms with Crippen LogP contribution in [0.3, 0.4) is 0 Å². The number of carbonyl (C=O) groups excluding carboxylic acids is 1. The molecule has 1 rings (SSSR count). The Morgan fingerprint density at radius 2 is 2.14 bits per heavy atom. The third-order valence-corrected chi connectivity index (χ3v) is 4.16. The first kappa shape index (κ1) is 18.0. The Labute approximate surface area is 131 Å². The van der Waals surface area contributed by atoms with Crippen LogP contribution >= 0.6 is 11.8 Å². The van der Waals surface area contributed by atoms with Gasteiger partial charge in [0, 0.05) is 5.75 Å². The molecule has 1 aromatic rings. The van der Waals surface area contributed by atoms with Gasteiger partial charge in [-0.2, -0.15) is 0 Å². The molecular weight excluding hydrogens is 288 g/mol. The van der Waals surface area contributed by atoms with Gasteiger partial charge in [0.25, 0.3) is 5.22 Å². The number of carbonyl (C=O) groups is 1. The summed E-state index contributed by atoms with van der Waals surface area (Å²) in [5, 5.41) is 3.95. The van der Waals surface area contributed by atoms with E-state index in [2.05, 4.69) is 17.2 Å². The van der Waals surface area contributed by atoms with E-state index >= 15 is 0 Å². The van der Waals surface area contributed by atoms with Crippen LogP contribution in [-0.4, -0.2) is 35.4 Å². The molecule has 0 saturated heterocycles. The molecule has 0 aliphatic carbocycles. The van der Waals surface area contributed by atoms with Gasteiger partial charge in [-0.15, -0.1) is 0 Å². The van der Waals surface area contributed by atoms with Gasteiger partial charge < -0.3 is 14.5 Å². The van der Waals surface area contributed by atoms with E-state index in [1.165, 1.54) is 11.8 Å². The predicted octanol–water partition coefficient (Wildman–Crippen LogP) is 3.10. The van der Waals surface area contributed by atoms with Gasteiger partial charge >= 0.3 is 5.97 Å². The second-order valence-corrected chi connectivity index (χ2v) is 6.25. The van der Waals surface area contributed by atoms with Crippen molar-refractivity contribution >= 4 is 17.7 Å². The molecule has 1 aromatic heterocycles. The minimum Gasteiger partial charge on any atom is -0.465 e. The van der Waals surface area contributed by atoms with Crippen LogP contribution in [0.25, 0.3) is 0 Å². The molecule has 1 unspecified atom stereocenters. The number of rotatable bonds is 9. The lowest BCUT2D eigenvalue weighted by atomic mass is 9.99. The maximum absolute atomic E-state index is 12.1. The van der Waals surface area contributed by atoms with Crippen LogP contribution in [0.5, 0.6) is 0 Å². The fourth-order valence-electron chi connectivity index (χ4n) is 1.80. The van der Waals surface area contributed by atoms with Crippen LogP contribution in [-0.2, 0) is 9.53 Å². The van der Waals surface area contributed by atoms with E-state index < -0.39 is 5.54 Å². The molecule has 1 N–H and O–H groups in total. The minimum absolute atomic E-state index is 0.196. The smallest absolute Gasteiger partial charge is 0.326 e. The van der Waals surface area contributed by atoms with E-state index in [9.17, 15) is 4.79 Å². The Hall–Kier alpha value is -1.01. The highest BCUT2D eigenvalue weighted by Gasteiger charge is 2.33. The average molecular weight is 314 g/mol. The fourth-order valence-corrected chi connectivity index (χ4v) is 2.87. The van der Waals surface area contributed by atoms with E-state index in [0.717, 1.165) is 30.2 Å². The van der Waals surface area contributed by atoms with E-state index in [4.69, 9.17) is 9.15 Å². The highest BCUT2D eigenvalue weighted by atomic mass is 32.2. The molecule has 0 aliphatic heterocycles. The van der Waals surface area contributed by atoms with Crippen LogP contribution in [0, 0.1) is 13.8 Å². The summed E-state index contributed by atoms with van der Waals surface area (Å²) < 4.78 is 10.7. The van der Waals surface area contributed by atoms with Crippen molar-refractivity contribution < 1.29 is 13.9 Å². The molecule has 0 aliphatic rings. The summed E-state index contributed by atoms with van der Waals surface area (Å²) >= 11 is 1.53. The molecule has 0 spiro atoms. The zero-order chi connectivity index (χ0) is 15.9. The number of hydrogen-bond donors (Lipinski definition) is 1. The van der Waals surface area contributed by atoms with Gasteiger partial charge in [0.2, 0.25) is 0 Å². The lowest BCUT2D eigenvalue weighted by Crippen LogP contribution is -2.51. The molecule has 0 aromatic carbocycles. The van der Waals surface area contributed by atoms with Gasteiger partial charge in [0.1, 0.15) is 11.3 Å². The van der Waals surface area contributed by atoms with Crippen LogP contribution in [0.4, 0.5) is 0 Å². The number of hydrogen-bond acceptors (Lipinski definition) is 6. The molecule has 120 valence electrons. The highest BCUT2D eigenvalue weighted by Crippen LogP contribution is 2.24. The molecule has 0 radical (unpaired) electrons. The van der Waals surface area contributed by atoms with E-state index in [1.54, 1.807) is 0 Å². The number of nitrogens with zero attached hydrogens (tertiary/aromatic N) is 1. The number of aryl methyl sites for hydroxylation is 2. The predicted molar refractivity (Wildman–Crippen MR) is 84.6 cm³/mol. The summed E-state index contributed by atoms with van der Waals surface area (Å²) in [6, 6.07) is 0. The SMILES string of the molecule is CCCNC(C)(CCSc1nc(C)c(C)o1)C(=O)OCC. The van der Waals surface area contributed by atoms with Crippen molar-refractivity contribution in [1.82, 2.24) is 10.3 Å². The van der Waals surface area contributed by atoms with Gasteiger partial charge in [0.05, 0.1) is 12.3 Å². The molecule has 6 heteroatoms. The number of oxazole rings is 1. The summed E-state index contributed by atoms with van der Waals surface area (Å²) in [5.41, 5.74) is 0.255. The number of aromatic nitrogens is 1. The molecule has 0 saturated carbocycles. The zero-order valence-electron chi connectivity index (χ0n) is 13.6. The Morgan fingerprint density at radius 3 is 2.67 bits per heavy atom. The van der Waals surface area contributed by atoms with Crippen molar-refractivity contribution in [3.63, 3.8) is 0 Å². The van der Waals surface area contributed by atoms with Crippen LogP contribution in [0.2, 0.25) is 0 Å². The van der Waals surface area contributed by atoms with Gasteiger partial charge in [-0.3, -0.25) is 4.79 Å². The molecular formula is C15H26N2O3S. The third kappa shape index (κ3) is 5.36. The highest BCUT2D eigenvalue weighted by molar-refractivity contribution is 7.99. The monoisotopic (exact) mass is 314 g/mol. The largest absolute Gasteiger partial charge is 0.465 e. The van der Waals surface area contributed by atoms with E-state index in [0.29, 0.717) is 18.3 Å². The first-order chi connectivity index (χ1) is 9.92. The molecule has 0 amide bonds. The topological polar surface area (TPSA) is 64.4 Å². The van der Waals surface area contributed by atoms with Gasteiger partial charge in [0.15, 0.2) is 0 Å². The molecule has 5 nitrogen and oxygen atoms in total.